The van der Waals surface area contributed by atoms with E-state index in [0.717, 1.165) is 0 Å². The van der Waals surface area contributed by atoms with Gasteiger partial charge in [-0.05, 0) is 0 Å². The highest BCUT2D eigenvalue weighted by Crippen LogP contribution is 2.43. The van der Waals surface area contributed by atoms with Crippen LogP contribution < -0.4 is 0 Å². The molecule has 20 heavy (non-hydrogen) atoms. The number of hydrogen-bond acceptors (Lipinski definition) is 4. The number of nitrogens with zero attached hydrogens (tertiary/aromatic N) is 1. The van der Waals surface area contributed by atoms with Crippen molar-refractivity contribution in [1.29, 1.82) is 0 Å². The lowest BCUT2D eigenvalue weighted by molar-refractivity contribution is -0.870. The number of aliphatic hydroxyl groups is 1. The molecule has 0 spiro atoms. The summed E-state index contributed by atoms with van der Waals surface area (Å²) in [7, 11) is 1.91. The molecule has 0 amide bonds. The molecule has 7 heteroatoms. The molecule has 2 atom stereocenters. The maximum absolute atomic E-state index is 11.3. The summed E-state index contributed by atoms with van der Waals surface area (Å²) in [5.74, 6) is -0.178. The van der Waals surface area contributed by atoms with E-state index in [1.165, 1.54) is 0 Å². The van der Waals surface area contributed by atoms with Crippen LogP contribution in [0.25, 0.3) is 0 Å². The van der Waals surface area contributed by atoms with Gasteiger partial charge in [0.1, 0.15) is 13.2 Å². The largest absolute Gasteiger partial charge is 0.472 e. The summed E-state index contributed by atoms with van der Waals surface area (Å²) in [4.78, 5) is 9.28. The van der Waals surface area contributed by atoms with Gasteiger partial charge >= 0.3 is 7.82 Å². The maximum Gasteiger partial charge on any atom is 0.472 e. The number of hydrogen-bond donors (Lipinski definition) is 2. The van der Waals surface area contributed by atoms with Gasteiger partial charge in [-0.15, -0.1) is 0 Å². The quantitative estimate of drug-likeness (QED) is 0.531. The Hall–Kier alpha value is 0.0300. The normalized spacial score (nSPS) is 14.5. The zero-order valence-corrected chi connectivity index (χ0v) is 11.3. The van der Waals surface area contributed by atoms with Crippen LogP contribution in [0.5, 0.6) is 0 Å². The molecule has 0 aliphatic carbocycles. The number of aliphatic hydroxyl groups excluding tert-OH is 1. The second-order valence-electron chi connectivity index (χ2n) is 4.90. The number of rotatable bonds is 8. The van der Waals surface area contributed by atoms with Crippen molar-refractivity contribution < 1.29 is 28.1 Å². The van der Waals surface area contributed by atoms with E-state index in [1.807, 2.05) is 21.1 Å². The predicted octanol–water partition coefficient (Wildman–Crippen LogP) is 3.00. The van der Waals surface area contributed by atoms with Crippen molar-refractivity contribution in [2.45, 2.75) is 36.6 Å². The lowest BCUT2D eigenvalue weighted by Crippen LogP contribution is -2.37. The number of phosphoric acid groups is 1. The van der Waals surface area contributed by atoms with Crippen LogP contribution in [0.3, 0.4) is 0 Å². The molecule has 0 aliphatic heterocycles. The second kappa shape index (κ2) is 14.0. The number of phosphoric ester groups is 1. The molecule has 0 radical (unpaired) electrons. The highest BCUT2D eigenvalue weighted by Gasteiger charge is 2.23. The molecule has 0 saturated heterocycles. The molecule has 6 nitrogen and oxygen atoms in total. The summed E-state index contributed by atoms with van der Waals surface area (Å²) < 4.78 is 21.5. The highest BCUT2D eigenvalue weighted by atomic mass is 31.2. The Morgan fingerprint density at radius 3 is 1.90 bits per heavy atom. The van der Waals surface area contributed by atoms with E-state index < -0.39 is 7.82 Å². The van der Waals surface area contributed by atoms with E-state index in [2.05, 4.69) is 0 Å². The molecule has 0 saturated carbocycles. The number of quaternary nitrogens is 1. The summed E-state index contributed by atoms with van der Waals surface area (Å²) in [6, 6.07) is 0. The molecule has 2 N–H and O–H groups in total. The molecule has 0 aliphatic rings. The molecular formula is C13H39NO5P+. The van der Waals surface area contributed by atoms with Crippen molar-refractivity contribution in [3.63, 3.8) is 0 Å². The van der Waals surface area contributed by atoms with Gasteiger partial charge in [0, 0.05) is 12.5 Å². The average Bonchev–Trinajstić information content (AvgIpc) is 2.12. The van der Waals surface area contributed by atoms with Gasteiger partial charge in [0.15, 0.2) is 0 Å². The van der Waals surface area contributed by atoms with Crippen LogP contribution >= 0.6 is 7.82 Å². The van der Waals surface area contributed by atoms with Crippen LogP contribution in [0.4, 0.5) is 0 Å². The first kappa shape index (κ1) is 32.1. The summed E-state index contributed by atoms with van der Waals surface area (Å²) in [5.41, 5.74) is 0. The SMILES string of the molecule is C.C.C.C.C[C@@H](CO)COP(=O)(O)OCC[N+](C)(C)C. The molecule has 0 fully saturated rings. The van der Waals surface area contributed by atoms with Crippen LogP contribution in [-0.4, -0.2) is 62.0 Å². The molecule has 0 bridgehead atoms. The van der Waals surface area contributed by atoms with Crippen LogP contribution in [0.1, 0.15) is 36.6 Å². The lowest BCUT2D eigenvalue weighted by Gasteiger charge is -2.24. The van der Waals surface area contributed by atoms with Crippen molar-refractivity contribution in [3.8, 4) is 0 Å². The first-order valence-corrected chi connectivity index (χ1v) is 6.69. The first-order valence-electron chi connectivity index (χ1n) is 5.19. The monoisotopic (exact) mass is 320 g/mol. The van der Waals surface area contributed by atoms with Crippen molar-refractivity contribution in [2.75, 3.05) is 47.5 Å². The van der Waals surface area contributed by atoms with Gasteiger partial charge in [-0.3, -0.25) is 9.05 Å². The minimum atomic E-state index is -3.97. The smallest absolute Gasteiger partial charge is 0.396 e. The summed E-state index contributed by atoms with van der Waals surface area (Å²) >= 11 is 0. The summed E-state index contributed by atoms with van der Waals surface area (Å²) in [6.07, 6.45) is 0. The fourth-order valence-corrected chi connectivity index (χ4v) is 1.57. The average molecular weight is 320 g/mol. The molecule has 0 rings (SSSR count). The van der Waals surface area contributed by atoms with Crippen molar-refractivity contribution in [3.05, 3.63) is 0 Å². The Kier molecular flexibility index (Phi) is 22.5. The Morgan fingerprint density at radius 2 is 1.55 bits per heavy atom. The van der Waals surface area contributed by atoms with Gasteiger partial charge in [-0.2, -0.15) is 0 Å². The van der Waals surface area contributed by atoms with E-state index in [0.29, 0.717) is 11.0 Å². The minimum absolute atomic E-state index is 0. The molecule has 1 unspecified atom stereocenters. The zero-order chi connectivity index (χ0) is 12.8. The van der Waals surface area contributed by atoms with E-state index in [-0.39, 0.29) is 55.4 Å². The van der Waals surface area contributed by atoms with Crippen LogP contribution in [0, 0.1) is 5.92 Å². The molecule has 0 heterocycles. The van der Waals surface area contributed by atoms with Gasteiger partial charge in [0.05, 0.1) is 27.7 Å². The molecular weight excluding hydrogens is 281 g/mol. The Bertz CT molecular complexity index is 243. The minimum Gasteiger partial charge on any atom is -0.396 e. The first-order chi connectivity index (χ1) is 7.16. The lowest BCUT2D eigenvalue weighted by atomic mass is 10.2. The number of likely N-dealkylation sites (N-methyl/N-ethyl adjacent to an activating group) is 1. The molecule has 0 aromatic heterocycles. The van der Waals surface area contributed by atoms with Gasteiger partial charge in [-0.25, -0.2) is 4.57 Å². The molecule has 0 aromatic rings. The van der Waals surface area contributed by atoms with Crippen LogP contribution in [0.2, 0.25) is 0 Å². The third-order valence-electron chi connectivity index (χ3n) is 1.85. The standard InChI is InChI=1S/C9H22NO5P.4CH4/c1-9(7-11)8-15-16(12,13)14-6-5-10(2,3)4;;;;/h9,11H,5-8H2,1-4H3;4*1H4/p+1/t9-;;;;/m0..../s1. The highest BCUT2D eigenvalue weighted by molar-refractivity contribution is 7.47. The van der Waals surface area contributed by atoms with Gasteiger partial charge < -0.3 is 14.5 Å². The zero-order valence-electron chi connectivity index (χ0n) is 10.4. The van der Waals surface area contributed by atoms with Crippen LogP contribution in [-0.2, 0) is 13.6 Å². The Labute approximate surface area is 126 Å². The summed E-state index contributed by atoms with van der Waals surface area (Å²) in [5, 5.41) is 8.72. The van der Waals surface area contributed by atoms with E-state index in [4.69, 9.17) is 14.2 Å². The van der Waals surface area contributed by atoms with Gasteiger partial charge in [-0.1, -0.05) is 36.6 Å². The molecule has 130 valence electrons. The third kappa shape index (κ3) is 20.3. The molecule has 0 aromatic carbocycles. The maximum atomic E-state index is 11.3. The van der Waals surface area contributed by atoms with Crippen molar-refractivity contribution >= 4 is 7.82 Å². The van der Waals surface area contributed by atoms with Gasteiger partial charge in [0.25, 0.3) is 0 Å². The van der Waals surface area contributed by atoms with Gasteiger partial charge in [0.2, 0.25) is 0 Å². The van der Waals surface area contributed by atoms with Crippen LogP contribution in [0.15, 0.2) is 0 Å². The van der Waals surface area contributed by atoms with Crippen molar-refractivity contribution in [2.24, 2.45) is 5.92 Å². The summed E-state index contributed by atoms with van der Waals surface area (Å²) in [6.45, 7) is 2.41. The van der Waals surface area contributed by atoms with Crippen molar-refractivity contribution in [1.82, 2.24) is 0 Å². The topological polar surface area (TPSA) is 76.0 Å². The predicted molar refractivity (Wildman–Crippen MR) is 87.8 cm³/mol. The third-order valence-corrected chi connectivity index (χ3v) is 2.83. The Morgan fingerprint density at radius 1 is 1.10 bits per heavy atom. The fourth-order valence-electron chi connectivity index (χ4n) is 0.741. The Balaban J connectivity index is -0.000000187. The van der Waals surface area contributed by atoms with E-state index in [9.17, 15) is 9.46 Å². The fraction of sp³-hybridized carbons (Fsp3) is 1.00. The van der Waals surface area contributed by atoms with E-state index in [1.54, 1.807) is 6.92 Å². The van der Waals surface area contributed by atoms with E-state index >= 15 is 0 Å². The second-order valence-corrected chi connectivity index (χ2v) is 6.35.